The molecule has 0 saturated carbocycles. The Morgan fingerprint density at radius 2 is 1.96 bits per heavy atom. The highest BCUT2D eigenvalue weighted by atomic mass is 35.5. The van der Waals surface area contributed by atoms with Crippen molar-refractivity contribution < 1.29 is 14.0 Å². The minimum Gasteiger partial charge on any atom is -0.436 e. The average molecular weight is 375 g/mol. The van der Waals surface area contributed by atoms with Gasteiger partial charge in [0.25, 0.3) is 0 Å². The molecule has 1 saturated heterocycles. The fraction of sp³-hybridized carbons (Fsp3) is 0.167. The lowest BCUT2D eigenvalue weighted by atomic mass is 10.1. The summed E-state index contributed by atoms with van der Waals surface area (Å²) in [5.74, 6) is -0.0794. The minimum atomic E-state index is -0.474. The number of anilines is 1. The van der Waals surface area contributed by atoms with E-state index in [9.17, 15) is 9.59 Å². The number of nitrogens with zero attached hydrogens (tertiary/aromatic N) is 2. The highest BCUT2D eigenvalue weighted by molar-refractivity contribution is 6.64. The summed E-state index contributed by atoms with van der Waals surface area (Å²) in [4.78, 5) is 29.3. The van der Waals surface area contributed by atoms with Crippen molar-refractivity contribution in [2.45, 2.75) is 6.42 Å². The molecule has 1 fully saturated rings. The molecule has 2 heterocycles. The fourth-order valence-corrected chi connectivity index (χ4v) is 3.23. The first-order valence-electron chi connectivity index (χ1n) is 7.67. The molecule has 0 bridgehead atoms. The van der Waals surface area contributed by atoms with Gasteiger partial charge < -0.3 is 9.32 Å². The van der Waals surface area contributed by atoms with Gasteiger partial charge in [0.05, 0.1) is 5.92 Å². The van der Waals surface area contributed by atoms with Crippen LogP contribution in [0.4, 0.5) is 5.69 Å². The number of rotatable bonds is 3. The van der Waals surface area contributed by atoms with Gasteiger partial charge in [-0.1, -0.05) is 11.6 Å². The van der Waals surface area contributed by atoms with Gasteiger partial charge in [-0.3, -0.25) is 9.59 Å². The van der Waals surface area contributed by atoms with Crippen LogP contribution in [0.1, 0.15) is 6.42 Å². The first kappa shape index (κ1) is 16.1. The number of oxazole rings is 1. The number of carbonyl (C=O) groups excluding carboxylic acids is 2. The summed E-state index contributed by atoms with van der Waals surface area (Å²) < 4.78 is 5.73. The van der Waals surface area contributed by atoms with Gasteiger partial charge in [-0.2, -0.15) is 0 Å². The van der Waals surface area contributed by atoms with Gasteiger partial charge in [0.2, 0.25) is 17.0 Å². The third-order valence-electron chi connectivity index (χ3n) is 4.22. The Labute approximate surface area is 153 Å². The van der Waals surface area contributed by atoms with Crippen molar-refractivity contribution in [2.75, 3.05) is 11.4 Å². The number of carbonyl (C=O) groups is 2. The molecule has 1 unspecified atom stereocenters. The smallest absolute Gasteiger partial charge is 0.227 e. The van der Waals surface area contributed by atoms with E-state index in [0.29, 0.717) is 34.2 Å². The quantitative estimate of drug-likeness (QED) is 0.642. The van der Waals surface area contributed by atoms with Crippen LogP contribution in [0.15, 0.2) is 46.9 Å². The summed E-state index contributed by atoms with van der Waals surface area (Å²) in [5.41, 5.74) is 2.84. The van der Waals surface area contributed by atoms with Gasteiger partial charge >= 0.3 is 0 Å². The second-order valence-corrected chi connectivity index (χ2v) is 6.70. The molecule has 25 heavy (non-hydrogen) atoms. The molecule has 0 radical (unpaired) electrons. The third-order valence-corrected chi connectivity index (χ3v) is 4.77. The Morgan fingerprint density at radius 1 is 1.20 bits per heavy atom. The van der Waals surface area contributed by atoms with Crippen LogP contribution in [0, 0.1) is 5.92 Å². The van der Waals surface area contributed by atoms with Crippen molar-refractivity contribution >= 4 is 51.1 Å². The van der Waals surface area contributed by atoms with E-state index in [2.05, 4.69) is 4.98 Å². The highest BCUT2D eigenvalue weighted by Crippen LogP contribution is 2.30. The van der Waals surface area contributed by atoms with Crippen LogP contribution in [-0.4, -0.2) is 22.7 Å². The van der Waals surface area contributed by atoms with Crippen molar-refractivity contribution in [1.82, 2.24) is 4.98 Å². The molecule has 3 aromatic rings. The summed E-state index contributed by atoms with van der Waals surface area (Å²) in [7, 11) is 0. The van der Waals surface area contributed by atoms with Crippen molar-refractivity contribution in [3.05, 3.63) is 47.5 Å². The molecule has 5 nitrogen and oxygen atoms in total. The first-order chi connectivity index (χ1) is 12.0. The average Bonchev–Trinajstić information content (AvgIpc) is 3.18. The maximum Gasteiger partial charge on any atom is 0.227 e. The van der Waals surface area contributed by atoms with Gasteiger partial charge in [-0.05, 0) is 54.1 Å². The SMILES string of the molecule is O=C(Cl)C1CC(=O)N(c2ccc(-c3nc4cc(Cl)ccc4o3)cc2)C1. The normalized spacial score (nSPS) is 17.4. The molecular weight excluding hydrogens is 363 g/mol. The van der Waals surface area contributed by atoms with Crippen molar-refractivity contribution in [2.24, 2.45) is 5.92 Å². The number of fused-ring (bicyclic) bond motifs is 1. The van der Waals surface area contributed by atoms with Gasteiger partial charge in [-0.25, -0.2) is 4.98 Å². The summed E-state index contributed by atoms with van der Waals surface area (Å²) in [5, 5.41) is 0.122. The van der Waals surface area contributed by atoms with Gasteiger partial charge in [0, 0.05) is 29.2 Å². The summed E-state index contributed by atoms with van der Waals surface area (Å²) in [6, 6.07) is 12.5. The van der Waals surface area contributed by atoms with E-state index in [4.69, 9.17) is 27.6 Å². The van der Waals surface area contributed by atoms with E-state index in [0.717, 1.165) is 5.56 Å². The lowest BCUT2D eigenvalue weighted by Gasteiger charge is -2.16. The van der Waals surface area contributed by atoms with Crippen LogP contribution >= 0.6 is 23.2 Å². The van der Waals surface area contributed by atoms with Crippen LogP contribution in [0.5, 0.6) is 0 Å². The summed E-state index contributed by atoms with van der Waals surface area (Å²) in [6.45, 7) is 0.307. The van der Waals surface area contributed by atoms with Crippen molar-refractivity contribution in [3.63, 3.8) is 0 Å². The molecule has 2 aromatic carbocycles. The van der Waals surface area contributed by atoms with Crippen LogP contribution in [0.3, 0.4) is 0 Å². The van der Waals surface area contributed by atoms with Gasteiger partial charge in [0.1, 0.15) is 5.52 Å². The van der Waals surface area contributed by atoms with Crippen molar-refractivity contribution in [1.29, 1.82) is 0 Å². The predicted octanol–water partition coefficient (Wildman–Crippen LogP) is 4.27. The number of halogens is 2. The number of hydrogen-bond donors (Lipinski definition) is 0. The monoisotopic (exact) mass is 374 g/mol. The Morgan fingerprint density at radius 3 is 2.64 bits per heavy atom. The second-order valence-electron chi connectivity index (χ2n) is 5.89. The number of aromatic nitrogens is 1. The number of benzene rings is 2. The molecule has 1 amide bonds. The molecular formula is C18H12Cl2N2O3. The van der Waals surface area contributed by atoms with Crippen LogP contribution in [0.25, 0.3) is 22.6 Å². The van der Waals surface area contributed by atoms with Gasteiger partial charge in [-0.15, -0.1) is 0 Å². The fourth-order valence-electron chi connectivity index (χ4n) is 2.92. The zero-order valence-electron chi connectivity index (χ0n) is 12.9. The molecule has 1 aliphatic heterocycles. The Balaban J connectivity index is 1.61. The Bertz CT molecular complexity index is 982. The minimum absolute atomic E-state index is 0.108. The summed E-state index contributed by atoms with van der Waals surface area (Å²) in [6.07, 6.45) is 0.149. The standard InChI is InChI=1S/C18H12Cl2N2O3/c19-12-3-6-15-14(8-12)21-18(25-15)10-1-4-13(5-2-10)22-9-11(17(20)24)7-16(22)23/h1-6,8,11H,7,9H2. The molecule has 0 N–H and O–H groups in total. The maximum absolute atomic E-state index is 12.1. The van der Waals surface area contributed by atoms with E-state index >= 15 is 0 Å². The third kappa shape index (κ3) is 3.01. The zero-order valence-corrected chi connectivity index (χ0v) is 14.4. The van der Waals surface area contributed by atoms with Gasteiger partial charge in [0.15, 0.2) is 5.58 Å². The Kier molecular flexibility index (Phi) is 3.98. The molecule has 7 heteroatoms. The first-order valence-corrected chi connectivity index (χ1v) is 8.43. The van der Waals surface area contributed by atoms with E-state index in [1.54, 1.807) is 35.2 Å². The van der Waals surface area contributed by atoms with Crippen molar-refractivity contribution in [3.8, 4) is 11.5 Å². The van der Waals surface area contributed by atoms with E-state index in [1.807, 2.05) is 12.1 Å². The highest BCUT2D eigenvalue weighted by Gasteiger charge is 2.34. The van der Waals surface area contributed by atoms with E-state index < -0.39 is 11.2 Å². The summed E-state index contributed by atoms with van der Waals surface area (Å²) >= 11 is 11.5. The Hall–Kier alpha value is -2.37. The molecule has 1 aromatic heterocycles. The molecule has 0 aliphatic carbocycles. The maximum atomic E-state index is 12.1. The lowest BCUT2D eigenvalue weighted by molar-refractivity contribution is -0.120. The predicted molar refractivity (Wildman–Crippen MR) is 95.8 cm³/mol. The van der Waals surface area contributed by atoms with E-state index in [1.165, 1.54) is 0 Å². The molecule has 126 valence electrons. The molecule has 4 rings (SSSR count). The molecule has 1 aliphatic rings. The van der Waals surface area contributed by atoms with Crippen LogP contribution < -0.4 is 4.90 Å². The zero-order chi connectivity index (χ0) is 17.6. The van der Waals surface area contributed by atoms with E-state index in [-0.39, 0.29) is 12.3 Å². The molecule has 0 spiro atoms. The topological polar surface area (TPSA) is 63.4 Å². The lowest BCUT2D eigenvalue weighted by Crippen LogP contribution is -2.25. The van der Waals surface area contributed by atoms with Crippen LogP contribution in [0.2, 0.25) is 5.02 Å². The number of amides is 1. The number of hydrogen-bond acceptors (Lipinski definition) is 4. The molecule has 1 atom stereocenters. The largest absolute Gasteiger partial charge is 0.436 e. The second kappa shape index (κ2) is 6.17. The van der Waals surface area contributed by atoms with Crippen LogP contribution in [-0.2, 0) is 9.59 Å².